The minimum Gasteiger partial charge on any atom is -0.341 e. The third kappa shape index (κ3) is 2.92. The van der Waals surface area contributed by atoms with Crippen LogP contribution in [0.4, 0.5) is 0 Å². The molecule has 0 atom stereocenters. The lowest BCUT2D eigenvalue weighted by Crippen LogP contribution is -2.16. The summed E-state index contributed by atoms with van der Waals surface area (Å²) in [5.74, 6) is 1.89. The average molecular weight is 262 g/mol. The van der Waals surface area contributed by atoms with E-state index in [2.05, 4.69) is 15.3 Å². The molecule has 2 aromatic rings. The molecule has 18 heavy (non-hydrogen) atoms. The Morgan fingerprint density at radius 2 is 2.06 bits per heavy atom. The van der Waals surface area contributed by atoms with E-state index in [1.807, 2.05) is 30.5 Å². The van der Waals surface area contributed by atoms with Crippen LogP contribution in [-0.4, -0.2) is 16.5 Å². The Bertz CT molecular complexity index is 514. The number of hydrogen-bond acceptors (Lipinski definition) is 2. The van der Waals surface area contributed by atoms with Gasteiger partial charge in [0.25, 0.3) is 0 Å². The second-order valence-corrected chi connectivity index (χ2v) is 5.26. The maximum Gasteiger partial charge on any atom is 0.120 e. The number of hydrogen-bond donors (Lipinski definition) is 2. The third-order valence-electron chi connectivity index (χ3n) is 3.21. The molecule has 2 N–H and O–H groups in total. The molecule has 0 amide bonds. The Labute approximate surface area is 112 Å². The van der Waals surface area contributed by atoms with Gasteiger partial charge < -0.3 is 10.3 Å². The summed E-state index contributed by atoms with van der Waals surface area (Å²) in [5.41, 5.74) is 2.15. The predicted octanol–water partition coefficient (Wildman–Crippen LogP) is 3.23. The molecule has 3 rings (SSSR count). The smallest absolute Gasteiger partial charge is 0.120 e. The van der Waals surface area contributed by atoms with E-state index in [9.17, 15) is 0 Å². The summed E-state index contributed by atoms with van der Waals surface area (Å²) in [4.78, 5) is 7.71. The molecule has 1 aliphatic carbocycles. The van der Waals surface area contributed by atoms with Gasteiger partial charge in [0.05, 0.1) is 18.4 Å². The summed E-state index contributed by atoms with van der Waals surface area (Å²) < 4.78 is 0. The van der Waals surface area contributed by atoms with Gasteiger partial charge in [-0.3, -0.25) is 0 Å². The first kappa shape index (κ1) is 11.8. The van der Waals surface area contributed by atoms with E-state index < -0.39 is 0 Å². The zero-order valence-corrected chi connectivity index (χ0v) is 10.9. The monoisotopic (exact) mass is 261 g/mol. The molecule has 1 fully saturated rings. The van der Waals surface area contributed by atoms with E-state index >= 15 is 0 Å². The van der Waals surface area contributed by atoms with Crippen molar-refractivity contribution in [3.05, 3.63) is 41.3 Å². The Hall–Kier alpha value is -1.32. The van der Waals surface area contributed by atoms with Gasteiger partial charge in [0.1, 0.15) is 5.82 Å². The van der Waals surface area contributed by atoms with Crippen molar-refractivity contribution in [1.29, 1.82) is 0 Å². The Kier molecular flexibility index (Phi) is 3.35. The summed E-state index contributed by atoms with van der Waals surface area (Å²) in [6, 6.07) is 7.78. The molecule has 4 heteroatoms. The molecule has 94 valence electrons. The van der Waals surface area contributed by atoms with Gasteiger partial charge in [0.2, 0.25) is 0 Å². The number of nitrogens with zero attached hydrogens (tertiary/aromatic N) is 1. The van der Waals surface area contributed by atoms with Crippen LogP contribution in [0, 0.1) is 5.92 Å². The fraction of sp³-hybridized carbons (Fsp3) is 0.357. The van der Waals surface area contributed by atoms with E-state index in [-0.39, 0.29) is 0 Å². The molecule has 1 aromatic carbocycles. The van der Waals surface area contributed by atoms with Crippen LogP contribution >= 0.6 is 11.6 Å². The van der Waals surface area contributed by atoms with Crippen molar-refractivity contribution < 1.29 is 0 Å². The summed E-state index contributed by atoms with van der Waals surface area (Å²) in [5, 5.41) is 4.18. The first-order valence-electron chi connectivity index (χ1n) is 6.32. The lowest BCUT2D eigenvalue weighted by atomic mass is 10.2. The lowest BCUT2D eigenvalue weighted by molar-refractivity contribution is 0.623. The maximum atomic E-state index is 5.87. The van der Waals surface area contributed by atoms with Crippen LogP contribution in [0.3, 0.4) is 0 Å². The zero-order chi connectivity index (χ0) is 12.4. The maximum absolute atomic E-state index is 5.87. The Balaban J connectivity index is 1.62. The summed E-state index contributed by atoms with van der Waals surface area (Å²) in [7, 11) is 0. The number of halogens is 1. The topological polar surface area (TPSA) is 40.7 Å². The highest BCUT2D eigenvalue weighted by atomic mass is 35.5. The van der Waals surface area contributed by atoms with Crippen molar-refractivity contribution in [2.45, 2.75) is 19.4 Å². The van der Waals surface area contributed by atoms with E-state index in [1.165, 1.54) is 12.8 Å². The van der Waals surface area contributed by atoms with Gasteiger partial charge in [-0.2, -0.15) is 0 Å². The number of aromatic amines is 1. The Morgan fingerprint density at radius 1 is 1.28 bits per heavy atom. The summed E-state index contributed by atoms with van der Waals surface area (Å²) in [6.45, 7) is 1.92. The van der Waals surface area contributed by atoms with Crippen molar-refractivity contribution >= 4 is 11.6 Å². The van der Waals surface area contributed by atoms with Gasteiger partial charge in [0, 0.05) is 5.02 Å². The van der Waals surface area contributed by atoms with Crippen LogP contribution in [0.15, 0.2) is 30.5 Å². The van der Waals surface area contributed by atoms with E-state index in [1.54, 1.807) is 0 Å². The standard InChI is InChI=1S/C14H16ClN3/c15-12-5-3-11(4-6-12)13-8-17-14(18-13)9-16-7-10-1-2-10/h3-6,8,10,16H,1-2,7,9H2,(H,17,18). The minimum absolute atomic E-state index is 0.754. The SMILES string of the molecule is Clc1ccc(-c2cnc(CNCC3CC3)[nH]2)cc1. The molecule has 1 aromatic heterocycles. The highest BCUT2D eigenvalue weighted by Crippen LogP contribution is 2.27. The molecule has 3 nitrogen and oxygen atoms in total. The second kappa shape index (κ2) is 5.12. The van der Waals surface area contributed by atoms with Gasteiger partial charge in [-0.05, 0) is 43.0 Å². The molecule has 0 saturated heterocycles. The van der Waals surface area contributed by atoms with E-state index in [0.717, 1.165) is 41.1 Å². The molecule has 0 aliphatic heterocycles. The van der Waals surface area contributed by atoms with Crippen LogP contribution in [0.2, 0.25) is 5.02 Å². The van der Waals surface area contributed by atoms with Gasteiger partial charge in [0.15, 0.2) is 0 Å². The molecule has 1 saturated carbocycles. The summed E-state index contributed by atoms with van der Waals surface area (Å²) >= 11 is 5.87. The molecule has 0 unspecified atom stereocenters. The molecule has 1 aliphatic rings. The van der Waals surface area contributed by atoms with E-state index in [4.69, 9.17) is 11.6 Å². The molecule has 0 radical (unpaired) electrons. The summed E-state index contributed by atoms with van der Waals surface area (Å²) in [6.07, 6.45) is 4.62. The quantitative estimate of drug-likeness (QED) is 0.868. The van der Waals surface area contributed by atoms with Crippen molar-refractivity contribution in [2.75, 3.05) is 6.54 Å². The van der Waals surface area contributed by atoms with Gasteiger partial charge >= 0.3 is 0 Å². The van der Waals surface area contributed by atoms with E-state index in [0.29, 0.717) is 0 Å². The van der Waals surface area contributed by atoms with Gasteiger partial charge in [-0.1, -0.05) is 23.7 Å². The first-order valence-corrected chi connectivity index (χ1v) is 6.69. The number of aromatic nitrogens is 2. The number of benzene rings is 1. The van der Waals surface area contributed by atoms with Gasteiger partial charge in [-0.15, -0.1) is 0 Å². The predicted molar refractivity (Wildman–Crippen MR) is 73.5 cm³/mol. The Morgan fingerprint density at radius 3 is 2.78 bits per heavy atom. The van der Waals surface area contributed by atoms with Crippen molar-refractivity contribution in [2.24, 2.45) is 5.92 Å². The van der Waals surface area contributed by atoms with Crippen LogP contribution in [0.1, 0.15) is 18.7 Å². The average Bonchev–Trinajstić information content (AvgIpc) is 3.08. The fourth-order valence-electron chi connectivity index (χ4n) is 1.95. The third-order valence-corrected chi connectivity index (χ3v) is 3.46. The molecular formula is C14H16ClN3. The van der Waals surface area contributed by atoms with Crippen LogP contribution < -0.4 is 5.32 Å². The zero-order valence-electron chi connectivity index (χ0n) is 10.1. The van der Waals surface area contributed by atoms with Crippen LogP contribution in [0.5, 0.6) is 0 Å². The van der Waals surface area contributed by atoms with Crippen molar-refractivity contribution in [3.8, 4) is 11.3 Å². The largest absolute Gasteiger partial charge is 0.341 e. The molecular weight excluding hydrogens is 246 g/mol. The van der Waals surface area contributed by atoms with Crippen LogP contribution in [0.25, 0.3) is 11.3 Å². The number of H-pyrrole nitrogens is 1. The second-order valence-electron chi connectivity index (χ2n) is 4.82. The van der Waals surface area contributed by atoms with Crippen molar-refractivity contribution in [1.82, 2.24) is 15.3 Å². The van der Waals surface area contributed by atoms with Crippen molar-refractivity contribution in [3.63, 3.8) is 0 Å². The highest BCUT2D eigenvalue weighted by Gasteiger charge is 2.20. The molecule has 0 bridgehead atoms. The number of rotatable bonds is 5. The number of nitrogens with one attached hydrogen (secondary N) is 2. The lowest BCUT2D eigenvalue weighted by Gasteiger charge is -2.00. The van der Waals surface area contributed by atoms with Gasteiger partial charge in [-0.25, -0.2) is 4.98 Å². The minimum atomic E-state index is 0.754. The normalized spacial score (nSPS) is 14.9. The highest BCUT2D eigenvalue weighted by molar-refractivity contribution is 6.30. The molecule has 0 spiro atoms. The number of imidazole rings is 1. The first-order chi connectivity index (χ1) is 8.81. The molecule has 1 heterocycles. The van der Waals surface area contributed by atoms with Crippen LogP contribution in [-0.2, 0) is 6.54 Å². The fourth-order valence-corrected chi connectivity index (χ4v) is 2.07.